The molecule has 3 rings (SSSR count). The molecule has 2 aromatic rings. The Morgan fingerprint density at radius 3 is 2.62 bits per heavy atom. The van der Waals surface area contributed by atoms with Crippen LogP contribution >= 0.6 is 0 Å². The molecule has 1 atom stereocenters. The summed E-state index contributed by atoms with van der Waals surface area (Å²) in [5.74, 6) is 0.983. The van der Waals surface area contributed by atoms with E-state index < -0.39 is 9.84 Å². The van der Waals surface area contributed by atoms with Crippen LogP contribution in [-0.2, 0) is 9.84 Å². The average Bonchev–Trinajstić information content (AvgIpc) is 3.01. The van der Waals surface area contributed by atoms with Crippen molar-refractivity contribution in [1.29, 1.82) is 0 Å². The van der Waals surface area contributed by atoms with Gasteiger partial charge in [0.25, 0.3) is 5.91 Å². The Kier molecular flexibility index (Phi) is 4.19. The van der Waals surface area contributed by atoms with E-state index in [1.165, 1.54) is 12.1 Å². The lowest BCUT2D eigenvalue weighted by molar-refractivity contribution is 0.0939. The lowest BCUT2D eigenvalue weighted by Gasteiger charge is -2.15. The Balaban J connectivity index is 1.77. The third-order valence-corrected chi connectivity index (χ3v) is 4.88. The van der Waals surface area contributed by atoms with E-state index in [1.807, 2.05) is 19.1 Å². The molecule has 1 unspecified atom stereocenters. The van der Waals surface area contributed by atoms with Gasteiger partial charge in [-0.1, -0.05) is 12.1 Å². The van der Waals surface area contributed by atoms with Gasteiger partial charge in [0.2, 0.25) is 6.79 Å². The second kappa shape index (κ2) is 6.16. The predicted octanol–water partition coefficient (Wildman–Crippen LogP) is 2.31. The number of carbonyl (C=O) groups excluding carboxylic acids is 1. The highest BCUT2D eigenvalue weighted by molar-refractivity contribution is 7.90. The molecule has 1 amide bonds. The molecule has 0 fully saturated rings. The van der Waals surface area contributed by atoms with Crippen molar-refractivity contribution in [2.75, 3.05) is 13.0 Å². The zero-order valence-corrected chi connectivity index (χ0v) is 14.1. The Labute approximate surface area is 140 Å². The van der Waals surface area contributed by atoms with Crippen LogP contribution in [0.5, 0.6) is 11.5 Å². The van der Waals surface area contributed by atoms with E-state index in [1.54, 1.807) is 18.2 Å². The molecular formula is C17H17NO5S. The molecule has 1 aliphatic heterocycles. The SMILES string of the molecule is CC(NC(=O)c1cccc(S(C)(=O)=O)c1)c1ccc2c(c1)OCO2. The van der Waals surface area contributed by atoms with E-state index in [9.17, 15) is 13.2 Å². The Morgan fingerprint density at radius 1 is 1.12 bits per heavy atom. The largest absolute Gasteiger partial charge is 0.454 e. The standard InChI is InChI=1S/C17H17NO5S/c1-11(12-6-7-15-16(9-12)23-10-22-15)18-17(19)13-4-3-5-14(8-13)24(2,20)21/h3-9,11H,10H2,1-2H3,(H,18,19). The van der Waals surface area contributed by atoms with Gasteiger partial charge in [0, 0.05) is 11.8 Å². The van der Waals surface area contributed by atoms with E-state index in [0.717, 1.165) is 11.8 Å². The molecular weight excluding hydrogens is 330 g/mol. The summed E-state index contributed by atoms with van der Waals surface area (Å²) in [4.78, 5) is 12.5. The third-order valence-electron chi connectivity index (χ3n) is 3.77. The van der Waals surface area contributed by atoms with E-state index in [4.69, 9.17) is 9.47 Å². The molecule has 1 heterocycles. The van der Waals surface area contributed by atoms with Crippen molar-refractivity contribution >= 4 is 15.7 Å². The van der Waals surface area contributed by atoms with Crippen molar-refractivity contribution in [1.82, 2.24) is 5.32 Å². The fourth-order valence-corrected chi connectivity index (χ4v) is 3.08. The highest BCUT2D eigenvalue weighted by atomic mass is 32.2. The molecule has 1 N–H and O–H groups in total. The van der Waals surface area contributed by atoms with Crippen molar-refractivity contribution in [2.45, 2.75) is 17.9 Å². The number of sulfone groups is 1. The monoisotopic (exact) mass is 347 g/mol. The van der Waals surface area contributed by atoms with Gasteiger partial charge < -0.3 is 14.8 Å². The normalized spacial score (nSPS) is 14.2. The molecule has 2 aromatic carbocycles. The summed E-state index contributed by atoms with van der Waals surface area (Å²) < 4.78 is 33.8. The van der Waals surface area contributed by atoms with Gasteiger partial charge in [-0.05, 0) is 42.8 Å². The summed E-state index contributed by atoms with van der Waals surface area (Å²) in [6, 6.07) is 11.2. The van der Waals surface area contributed by atoms with Gasteiger partial charge in [0.05, 0.1) is 10.9 Å². The van der Waals surface area contributed by atoms with Crippen LogP contribution in [0.4, 0.5) is 0 Å². The van der Waals surface area contributed by atoms with Crippen molar-refractivity contribution in [3.05, 3.63) is 53.6 Å². The fourth-order valence-electron chi connectivity index (χ4n) is 2.41. The topological polar surface area (TPSA) is 81.7 Å². The number of nitrogens with one attached hydrogen (secondary N) is 1. The first-order valence-electron chi connectivity index (χ1n) is 7.35. The van der Waals surface area contributed by atoms with Crippen LogP contribution in [0, 0.1) is 0 Å². The summed E-state index contributed by atoms with van der Waals surface area (Å²) in [6.45, 7) is 2.04. The Bertz CT molecular complexity index is 892. The molecule has 126 valence electrons. The minimum absolute atomic E-state index is 0.117. The second-order valence-electron chi connectivity index (χ2n) is 5.61. The molecule has 7 heteroatoms. The maximum absolute atomic E-state index is 12.4. The first-order valence-corrected chi connectivity index (χ1v) is 9.24. The van der Waals surface area contributed by atoms with Gasteiger partial charge in [-0.2, -0.15) is 0 Å². The van der Waals surface area contributed by atoms with Crippen LogP contribution in [0.1, 0.15) is 28.9 Å². The number of hydrogen-bond acceptors (Lipinski definition) is 5. The Hall–Kier alpha value is -2.54. The summed E-state index contributed by atoms with van der Waals surface area (Å²) in [6.07, 6.45) is 1.11. The van der Waals surface area contributed by atoms with Crippen LogP contribution in [0.25, 0.3) is 0 Å². The molecule has 0 saturated carbocycles. The second-order valence-corrected chi connectivity index (χ2v) is 7.62. The van der Waals surface area contributed by atoms with Crippen LogP contribution in [0.2, 0.25) is 0 Å². The zero-order valence-electron chi connectivity index (χ0n) is 13.3. The van der Waals surface area contributed by atoms with Gasteiger partial charge >= 0.3 is 0 Å². The van der Waals surface area contributed by atoms with Crippen LogP contribution < -0.4 is 14.8 Å². The Morgan fingerprint density at radius 2 is 1.88 bits per heavy atom. The summed E-state index contributed by atoms with van der Waals surface area (Å²) in [5.41, 5.74) is 1.16. The average molecular weight is 347 g/mol. The van der Waals surface area contributed by atoms with Crippen molar-refractivity contribution < 1.29 is 22.7 Å². The number of ether oxygens (including phenoxy) is 2. The van der Waals surface area contributed by atoms with Crippen molar-refractivity contribution in [3.63, 3.8) is 0 Å². The number of amides is 1. The molecule has 1 aliphatic rings. The maximum Gasteiger partial charge on any atom is 0.251 e. The van der Waals surface area contributed by atoms with Gasteiger partial charge in [0.1, 0.15) is 0 Å². The van der Waals surface area contributed by atoms with Gasteiger partial charge in [-0.25, -0.2) is 8.42 Å². The number of hydrogen-bond donors (Lipinski definition) is 1. The first-order chi connectivity index (χ1) is 11.3. The highest BCUT2D eigenvalue weighted by Gasteiger charge is 2.18. The predicted molar refractivity (Wildman–Crippen MR) is 88.0 cm³/mol. The van der Waals surface area contributed by atoms with Crippen LogP contribution in [0.15, 0.2) is 47.4 Å². The lowest BCUT2D eigenvalue weighted by atomic mass is 10.1. The minimum atomic E-state index is -3.36. The molecule has 0 bridgehead atoms. The van der Waals surface area contributed by atoms with Gasteiger partial charge in [-0.15, -0.1) is 0 Å². The fraction of sp³-hybridized carbons (Fsp3) is 0.235. The smallest absolute Gasteiger partial charge is 0.251 e. The van der Waals surface area contributed by atoms with E-state index >= 15 is 0 Å². The highest BCUT2D eigenvalue weighted by Crippen LogP contribution is 2.34. The summed E-state index contributed by atoms with van der Waals surface area (Å²) in [7, 11) is -3.36. The lowest BCUT2D eigenvalue weighted by Crippen LogP contribution is -2.26. The van der Waals surface area contributed by atoms with E-state index in [2.05, 4.69) is 5.32 Å². The maximum atomic E-state index is 12.4. The molecule has 24 heavy (non-hydrogen) atoms. The minimum Gasteiger partial charge on any atom is -0.454 e. The molecule has 0 spiro atoms. The zero-order chi connectivity index (χ0) is 17.3. The summed E-state index contributed by atoms with van der Waals surface area (Å²) >= 11 is 0. The van der Waals surface area contributed by atoms with Gasteiger partial charge in [0.15, 0.2) is 21.3 Å². The van der Waals surface area contributed by atoms with Gasteiger partial charge in [-0.3, -0.25) is 4.79 Å². The van der Waals surface area contributed by atoms with E-state index in [0.29, 0.717) is 17.1 Å². The molecule has 0 radical (unpaired) electrons. The molecule has 0 aromatic heterocycles. The number of benzene rings is 2. The summed E-state index contributed by atoms with van der Waals surface area (Å²) in [5, 5.41) is 2.85. The van der Waals surface area contributed by atoms with Crippen molar-refractivity contribution in [2.24, 2.45) is 0 Å². The molecule has 0 saturated heterocycles. The van der Waals surface area contributed by atoms with Crippen molar-refractivity contribution in [3.8, 4) is 11.5 Å². The number of carbonyl (C=O) groups is 1. The molecule has 0 aliphatic carbocycles. The number of rotatable bonds is 4. The number of fused-ring (bicyclic) bond motifs is 1. The molecule has 6 nitrogen and oxygen atoms in total. The van der Waals surface area contributed by atoms with E-state index in [-0.39, 0.29) is 23.6 Å². The first kappa shape index (κ1) is 16.3. The van der Waals surface area contributed by atoms with Crippen LogP contribution in [-0.4, -0.2) is 27.4 Å². The third kappa shape index (κ3) is 3.35. The quantitative estimate of drug-likeness (QED) is 0.918. The van der Waals surface area contributed by atoms with Crippen LogP contribution in [0.3, 0.4) is 0 Å².